The minimum absolute atomic E-state index is 0.0555. The molecule has 38 heavy (non-hydrogen) atoms. The van der Waals surface area contributed by atoms with Crippen LogP contribution < -0.4 is 21.3 Å². The number of hydrogen-bond acceptors (Lipinski definition) is 2. The Hall–Kier alpha value is -3.80. The van der Waals surface area contributed by atoms with E-state index < -0.39 is 42.3 Å². The van der Waals surface area contributed by atoms with Crippen molar-refractivity contribution in [2.45, 2.75) is 9.79 Å². The predicted octanol–water partition coefficient (Wildman–Crippen LogP) is 10.3. The summed E-state index contributed by atoms with van der Waals surface area (Å²) in [6, 6.07) is 6.14. The van der Waals surface area contributed by atoms with Gasteiger partial charge in [0.15, 0.2) is 0 Å². The molecule has 6 nitrogen and oxygen atoms in total. The maximum atomic E-state index is 12.8. The number of anilines is 4. The van der Waals surface area contributed by atoms with Crippen LogP contribution >= 0.6 is 20.4 Å². The van der Waals surface area contributed by atoms with E-state index in [4.69, 9.17) is 0 Å². The summed E-state index contributed by atoms with van der Waals surface area (Å²) in [5.41, 5.74) is -0.655. The van der Waals surface area contributed by atoms with Gasteiger partial charge in [0.25, 0.3) is 0 Å². The molecule has 210 valence electrons. The number of benzene rings is 3. The maximum Gasteiger partial charge on any atom is 0.323 e. The first kappa shape index (κ1) is 28.8. The number of halogens is 10. The van der Waals surface area contributed by atoms with Gasteiger partial charge in [0.1, 0.15) is 9.79 Å². The lowest BCUT2D eigenvalue weighted by Gasteiger charge is -2.40. The molecule has 0 heterocycles. The molecule has 4 amide bonds. The summed E-state index contributed by atoms with van der Waals surface area (Å²) >= 11 is 0. The van der Waals surface area contributed by atoms with Gasteiger partial charge < -0.3 is 21.3 Å². The molecule has 0 saturated carbocycles. The fraction of sp³-hybridized carbons (Fsp3) is 0. The monoisotopic (exact) mass is 598 g/mol. The van der Waals surface area contributed by atoms with Gasteiger partial charge in [-0.15, -0.1) is 0 Å². The molecule has 3 rings (SSSR count). The maximum absolute atomic E-state index is 12.8. The van der Waals surface area contributed by atoms with Gasteiger partial charge in [0.2, 0.25) is 0 Å². The normalized spacial score (nSPS) is 15.6. The van der Waals surface area contributed by atoms with Crippen LogP contribution in [-0.4, -0.2) is 12.1 Å². The molecular weight excluding hydrogens is 582 g/mol. The van der Waals surface area contributed by atoms with Crippen LogP contribution in [0.2, 0.25) is 0 Å². The lowest BCUT2D eigenvalue weighted by molar-refractivity contribution is 0.261. The van der Waals surface area contributed by atoms with E-state index in [1.807, 2.05) is 0 Å². The van der Waals surface area contributed by atoms with Crippen molar-refractivity contribution in [2.75, 3.05) is 21.3 Å². The van der Waals surface area contributed by atoms with E-state index in [2.05, 4.69) is 21.3 Å². The third-order valence-electron chi connectivity index (χ3n) is 4.54. The summed E-state index contributed by atoms with van der Waals surface area (Å²) in [6.45, 7) is 0. The second-order valence-electron chi connectivity index (χ2n) is 7.69. The zero-order valence-electron chi connectivity index (χ0n) is 18.3. The summed E-state index contributed by atoms with van der Waals surface area (Å²) in [5, 5.41) is 8.74. The van der Waals surface area contributed by atoms with Crippen molar-refractivity contribution in [3.63, 3.8) is 0 Å². The van der Waals surface area contributed by atoms with E-state index in [1.54, 1.807) is 0 Å². The second-order valence-corrected chi connectivity index (χ2v) is 12.5. The highest BCUT2D eigenvalue weighted by Gasteiger charge is 2.66. The molecule has 3 aromatic carbocycles. The standard InChI is InChI=1S/C20H16F10N4O2S2/c21-37(22,23,24,25)15-9-5-13(6-10-15)31-19(35)33-17-3-1-2-4-18(17)34-20(36)32-14-7-11-16(12-8-14)38(26,27,28,29)30/h1-12H,(H2,31,33,35)(H2,32,34,36). The fourth-order valence-electron chi connectivity index (χ4n) is 2.86. The van der Waals surface area contributed by atoms with Crippen LogP contribution in [0.5, 0.6) is 0 Å². The molecule has 0 aliphatic carbocycles. The summed E-state index contributed by atoms with van der Waals surface area (Å²) in [7, 11) is -19.8. The number of para-hydroxylation sites is 2. The van der Waals surface area contributed by atoms with E-state index in [0.717, 1.165) is 0 Å². The van der Waals surface area contributed by atoms with Crippen molar-refractivity contribution >= 4 is 55.3 Å². The Kier molecular flexibility index (Phi) is 5.95. The number of urea groups is 2. The third kappa shape index (κ3) is 7.85. The lowest BCUT2D eigenvalue weighted by Crippen LogP contribution is -2.23. The van der Waals surface area contributed by atoms with Gasteiger partial charge in [-0.1, -0.05) is 51.0 Å². The molecule has 18 heteroatoms. The van der Waals surface area contributed by atoms with E-state index in [9.17, 15) is 48.4 Å². The molecule has 0 spiro atoms. The molecular formula is C20H16F10N4O2S2. The molecule has 0 unspecified atom stereocenters. The van der Waals surface area contributed by atoms with Crippen molar-refractivity contribution in [2.24, 2.45) is 0 Å². The van der Waals surface area contributed by atoms with Crippen molar-refractivity contribution in [1.29, 1.82) is 0 Å². The first-order valence-corrected chi connectivity index (χ1v) is 13.7. The summed E-state index contributed by atoms with van der Waals surface area (Å²) in [4.78, 5) is 20.1. The first-order valence-electron chi connectivity index (χ1n) is 9.83. The van der Waals surface area contributed by atoms with Gasteiger partial charge in [-0.25, -0.2) is 9.59 Å². The van der Waals surface area contributed by atoms with Crippen molar-refractivity contribution in [3.8, 4) is 0 Å². The molecule has 0 aromatic heterocycles. The van der Waals surface area contributed by atoms with Crippen LogP contribution in [0.3, 0.4) is 0 Å². The second kappa shape index (κ2) is 7.85. The Morgan fingerprint density at radius 3 is 1.00 bits per heavy atom. The number of nitrogens with one attached hydrogen (secondary N) is 4. The molecule has 4 N–H and O–H groups in total. The van der Waals surface area contributed by atoms with Crippen LogP contribution in [0.25, 0.3) is 0 Å². The van der Waals surface area contributed by atoms with Crippen LogP contribution in [-0.2, 0) is 0 Å². The topological polar surface area (TPSA) is 82.3 Å². The minimum atomic E-state index is -9.89. The van der Waals surface area contributed by atoms with Crippen molar-refractivity contribution in [3.05, 3.63) is 72.8 Å². The summed E-state index contributed by atoms with van der Waals surface area (Å²) in [5.74, 6) is 0. The predicted molar refractivity (Wildman–Crippen MR) is 127 cm³/mol. The highest BCUT2D eigenvalue weighted by molar-refractivity contribution is 8.46. The largest absolute Gasteiger partial charge is 0.323 e. The smallest absolute Gasteiger partial charge is 0.308 e. The van der Waals surface area contributed by atoms with Gasteiger partial charge in [-0.05, 0) is 60.7 Å². The minimum Gasteiger partial charge on any atom is -0.308 e. The number of carbonyl (C=O) groups is 2. The number of rotatable bonds is 6. The Bertz CT molecular complexity index is 1290. The Morgan fingerprint density at radius 2 is 0.737 bits per heavy atom. The van der Waals surface area contributed by atoms with Gasteiger partial charge >= 0.3 is 32.5 Å². The highest BCUT2D eigenvalue weighted by atomic mass is 32.5. The zero-order chi connectivity index (χ0) is 28.7. The number of amides is 4. The van der Waals surface area contributed by atoms with E-state index >= 15 is 0 Å². The molecule has 3 aromatic rings. The quantitative estimate of drug-likeness (QED) is 0.213. The fourth-order valence-corrected chi connectivity index (χ4v) is 4.16. The van der Waals surface area contributed by atoms with Crippen LogP contribution in [0.1, 0.15) is 0 Å². The van der Waals surface area contributed by atoms with Crippen LogP contribution in [0, 0.1) is 0 Å². The zero-order valence-corrected chi connectivity index (χ0v) is 20.0. The molecule has 0 radical (unpaired) electrons. The van der Waals surface area contributed by atoms with Gasteiger partial charge in [-0.2, -0.15) is 0 Å². The molecule has 0 aliphatic rings. The SMILES string of the molecule is O=C(Nc1ccc(S(F)(F)(F)(F)F)cc1)Nc1ccccc1NC(=O)Nc1ccc(S(F)(F)(F)(F)F)cc1. The van der Waals surface area contributed by atoms with Gasteiger partial charge in [0, 0.05) is 11.4 Å². The van der Waals surface area contributed by atoms with E-state index in [0.29, 0.717) is 24.3 Å². The molecule has 0 atom stereocenters. The van der Waals surface area contributed by atoms with Gasteiger partial charge in [-0.3, -0.25) is 0 Å². The van der Waals surface area contributed by atoms with E-state index in [-0.39, 0.29) is 47.0 Å². The summed E-state index contributed by atoms with van der Waals surface area (Å²) < 4.78 is 128. The lowest BCUT2D eigenvalue weighted by atomic mass is 10.2. The van der Waals surface area contributed by atoms with Crippen molar-refractivity contribution in [1.82, 2.24) is 0 Å². The van der Waals surface area contributed by atoms with Crippen molar-refractivity contribution < 1.29 is 48.4 Å². The summed E-state index contributed by atoms with van der Waals surface area (Å²) in [6.07, 6.45) is 0. The third-order valence-corrected chi connectivity index (χ3v) is 6.86. The van der Waals surface area contributed by atoms with Crippen LogP contribution in [0.4, 0.5) is 71.2 Å². The number of hydrogen-bond donors (Lipinski definition) is 4. The van der Waals surface area contributed by atoms with E-state index in [1.165, 1.54) is 24.3 Å². The highest BCUT2D eigenvalue weighted by Crippen LogP contribution is 3.02. The Labute approximate surface area is 207 Å². The Balaban J connectivity index is 1.66. The Morgan fingerprint density at radius 1 is 0.447 bits per heavy atom. The number of carbonyl (C=O) groups excluding carboxylic acids is 2. The molecule has 0 bridgehead atoms. The van der Waals surface area contributed by atoms with Crippen LogP contribution in [0.15, 0.2) is 82.6 Å². The molecule has 0 fully saturated rings. The first-order chi connectivity index (χ1) is 16.9. The average molecular weight is 598 g/mol. The molecule has 0 aliphatic heterocycles. The average Bonchev–Trinajstić information content (AvgIpc) is 2.72. The molecule has 0 saturated heterocycles. The van der Waals surface area contributed by atoms with Gasteiger partial charge in [0.05, 0.1) is 11.4 Å².